The monoisotopic (exact) mass is 366 g/mol. The molecule has 0 fully saturated rings. The van der Waals surface area contributed by atoms with Gasteiger partial charge in [-0.1, -0.05) is 63.3 Å². The first-order chi connectivity index (χ1) is 12.1. The van der Waals surface area contributed by atoms with E-state index in [2.05, 4.69) is 17.7 Å². The second-order valence-electron chi connectivity index (χ2n) is 6.01. The van der Waals surface area contributed by atoms with E-state index < -0.39 is 5.25 Å². The number of benzene rings is 1. The van der Waals surface area contributed by atoms with Crippen LogP contribution in [0.25, 0.3) is 0 Å². The first-order valence-electron chi connectivity index (χ1n) is 8.98. The molecule has 0 aliphatic rings. The van der Waals surface area contributed by atoms with E-state index in [0.717, 1.165) is 24.0 Å². The van der Waals surface area contributed by atoms with E-state index in [-0.39, 0.29) is 17.7 Å². The Morgan fingerprint density at radius 2 is 1.68 bits per heavy atom. The second kappa shape index (κ2) is 12.8. The number of ether oxygens (including phenoxy) is 2. The molecule has 25 heavy (non-hydrogen) atoms. The Morgan fingerprint density at radius 1 is 1.00 bits per heavy atom. The molecule has 1 rings (SSSR count). The number of carbonyl (C=O) groups excluding carboxylic acids is 2. The van der Waals surface area contributed by atoms with Crippen LogP contribution in [0.15, 0.2) is 24.3 Å². The van der Waals surface area contributed by atoms with Crippen LogP contribution in [0.3, 0.4) is 0 Å². The summed E-state index contributed by atoms with van der Waals surface area (Å²) in [5.41, 5.74) is 2.10. The van der Waals surface area contributed by atoms with Crippen LogP contribution in [0, 0.1) is 0 Å². The van der Waals surface area contributed by atoms with Gasteiger partial charge in [-0.05, 0) is 24.0 Å². The molecule has 0 aliphatic carbocycles. The van der Waals surface area contributed by atoms with Crippen LogP contribution in [-0.4, -0.2) is 31.9 Å². The summed E-state index contributed by atoms with van der Waals surface area (Å²) in [6.45, 7) is 2.22. The summed E-state index contributed by atoms with van der Waals surface area (Å²) in [5.74, 6) is -0.543. The number of unbranched alkanes of at least 4 members (excludes halogenated alkanes) is 5. The molecule has 0 radical (unpaired) electrons. The van der Waals surface area contributed by atoms with Gasteiger partial charge in [-0.3, -0.25) is 9.59 Å². The Kier molecular flexibility index (Phi) is 11.0. The van der Waals surface area contributed by atoms with E-state index in [1.807, 2.05) is 18.2 Å². The summed E-state index contributed by atoms with van der Waals surface area (Å²) in [5, 5.41) is -0.500. The minimum atomic E-state index is -0.500. The van der Waals surface area contributed by atoms with Gasteiger partial charge in [-0.15, -0.1) is 11.8 Å². The van der Waals surface area contributed by atoms with Crippen LogP contribution in [0.1, 0.15) is 61.8 Å². The maximum absolute atomic E-state index is 12.2. The molecule has 1 unspecified atom stereocenters. The minimum absolute atomic E-state index is 0.127. The first-order valence-corrected chi connectivity index (χ1v) is 10.0. The zero-order valence-electron chi connectivity index (χ0n) is 15.6. The molecule has 140 valence electrons. The largest absolute Gasteiger partial charge is 0.468 e. The maximum atomic E-state index is 12.2. The lowest BCUT2D eigenvalue weighted by molar-refractivity contribution is -0.140. The highest BCUT2D eigenvalue weighted by Crippen LogP contribution is 2.33. The number of aryl methyl sites for hydroxylation is 1. The summed E-state index contributed by atoms with van der Waals surface area (Å²) in [4.78, 5) is 23.7. The van der Waals surface area contributed by atoms with Crippen LogP contribution in [0.5, 0.6) is 0 Å². The molecule has 0 saturated carbocycles. The molecular formula is C20H30O4S. The van der Waals surface area contributed by atoms with E-state index in [0.29, 0.717) is 0 Å². The van der Waals surface area contributed by atoms with Gasteiger partial charge >= 0.3 is 11.9 Å². The highest BCUT2D eigenvalue weighted by molar-refractivity contribution is 8.00. The zero-order valence-corrected chi connectivity index (χ0v) is 16.4. The fourth-order valence-corrected chi connectivity index (χ4v) is 3.78. The van der Waals surface area contributed by atoms with Gasteiger partial charge in [-0.25, -0.2) is 0 Å². The van der Waals surface area contributed by atoms with E-state index in [4.69, 9.17) is 4.74 Å². The molecule has 1 atom stereocenters. The quantitative estimate of drug-likeness (QED) is 0.396. The molecule has 0 aliphatic heterocycles. The number of hydrogen-bond acceptors (Lipinski definition) is 5. The maximum Gasteiger partial charge on any atom is 0.323 e. The van der Waals surface area contributed by atoms with Crippen molar-refractivity contribution in [3.63, 3.8) is 0 Å². The fourth-order valence-electron chi connectivity index (χ4n) is 2.72. The molecule has 0 heterocycles. The molecule has 0 N–H and O–H groups in total. The van der Waals surface area contributed by atoms with Crippen LogP contribution in [-0.2, 0) is 25.5 Å². The van der Waals surface area contributed by atoms with Gasteiger partial charge in [0.2, 0.25) is 0 Å². The van der Waals surface area contributed by atoms with Crippen molar-refractivity contribution < 1.29 is 19.1 Å². The summed E-state index contributed by atoms with van der Waals surface area (Å²) in [6, 6.07) is 7.94. The van der Waals surface area contributed by atoms with Crippen LogP contribution in [0.2, 0.25) is 0 Å². The Bertz CT molecular complexity index is 530. The standard InChI is InChI=1S/C20H30O4S/c1-4-5-6-7-8-9-12-16-13-10-11-14-17(16)19(20(22)24-3)25-15-18(21)23-2/h10-11,13-14,19H,4-9,12,15H2,1-3H3. The van der Waals surface area contributed by atoms with Gasteiger partial charge in [0, 0.05) is 0 Å². The third kappa shape index (κ3) is 7.95. The van der Waals surface area contributed by atoms with Crippen molar-refractivity contribution in [3.05, 3.63) is 35.4 Å². The SMILES string of the molecule is CCCCCCCCc1ccccc1C(SCC(=O)OC)C(=O)OC. The molecule has 1 aromatic carbocycles. The highest BCUT2D eigenvalue weighted by atomic mass is 32.2. The normalized spacial score (nSPS) is 11.8. The van der Waals surface area contributed by atoms with Gasteiger partial charge in [0.1, 0.15) is 5.25 Å². The molecule has 0 spiro atoms. The number of thioether (sulfide) groups is 1. The molecule has 0 saturated heterocycles. The van der Waals surface area contributed by atoms with E-state index in [1.54, 1.807) is 0 Å². The van der Waals surface area contributed by atoms with Crippen molar-refractivity contribution in [2.24, 2.45) is 0 Å². The number of carbonyl (C=O) groups is 2. The van der Waals surface area contributed by atoms with Crippen LogP contribution >= 0.6 is 11.8 Å². The predicted molar refractivity (Wildman–Crippen MR) is 103 cm³/mol. The van der Waals surface area contributed by atoms with Crippen molar-refractivity contribution in [1.29, 1.82) is 0 Å². The van der Waals surface area contributed by atoms with Crippen molar-refractivity contribution in [2.75, 3.05) is 20.0 Å². The summed E-state index contributed by atoms with van der Waals surface area (Å²) in [6.07, 6.45) is 8.34. The zero-order chi connectivity index (χ0) is 18.5. The van der Waals surface area contributed by atoms with Gasteiger partial charge in [0.25, 0.3) is 0 Å². The van der Waals surface area contributed by atoms with Gasteiger partial charge in [0.15, 0.2) is 0 Å². The van der Waals surface area contributed by atoms with Crippen molar-refractivity contribution in [1.82, 2.24) is 0 Å². The topological polar surface area (TPSA) is 52.6 Å². The lowest BCUT2D eigenvalue weighted by atomic mass is 9.98. The lowest BCUT2D eigenvalue weighted by Crippen LogP contribution is -2.16. The minimum Gasteiger partial charge on any atom is -0.468 e. The first kappa shape index (κ1) is 21.6. The molecule has 4 nitrogen and oxygen atoms in total. The fraction of sp³-hybridized carbons (Fsp3) is 0.600. The average Bonchev–Trinajstić information content (AvgIpc) is 2.65. The smallest absolute Gasteiger partial charge is 0.323 e. The van der Waals surface area contributed by atoms with Crippen LogP contribution < -0.4 is 0 Å². The van der Waals surface area contributed by atoms with Crippen LogP contribution in [0.4, 0.5) is 0 Å². The van der Waals surface area contributed by atoms with E-state index in [1.165, 1.54) is 58.1 Å². The number of methoxy groups -OCH3 is 2. The molecule has 0 amide bonds. The second-order valence-corrected chi connectivity index (χ2v) is 7.10. The van der Waals surface area contributed by atoms with Gasteiger partial charge in [0.05, 0.1) is 20.0 Å². The van der Waals surface area contributed by atoms with Gasteiger partial charge in [-0.2, -0.15) is 0 Å². The summed E-state index contributed by atoms with van der Waals surface area (Å²) < 4.78 is 9.63. The average molecular weight is 367 g/mol. The Balaban J connectivity index is 2.74. The Morgan fingerprint density at radius 3 is 2.36 bits per heavy atom. The molecule has 5 heteroatoms. The number of esters is 2. The summed E-state index contributed by atoms with van der Waals surface area (Å²) in [7, 11) is 2.73. The van der Waals surface area contributed by atoms with E-state index >= 15 is 0 Å². The van der Waals surface area contributed by atoms with E-state index in [9.17, 15) is 9.59 Å². The highest BCUT2D eigenvalue weighted by Gasteiger charge is 2.25. The third-order valence-electron chi connectivity index (χ3n) is 4.15. The number of hydrogen-bond donors (Lipinski definition) is 0. The van der Waals surface area contributed by atoms with Gasteiger partial charge < -0.3 is 9.47 Å². The predicted octanol–water partition coefficient (Wildman–Crippen LogP) is 4.71. The third-order valence-corrected chi connectivity index (χ3v) is 5.33. The Labute approximate surface area is 155 Å². The molecule has 0 aromatic heterocycles. The number of rotatable bonds is 12. The van der Waals surface area contributed by atoms with Crippen molar-refractivity contribution in [2.45, 2.75) is 57.1 Å². The molecular weight excluding hydrogens is 336 g/mol. The molecule has 1 aromatic rings. The van der Waals surface area contributed by atoms with Crippen molar-refractivity contribution >= 4 is 23.7 Å². The van der Waals surface area contributed by atoms with Crippen molar-refractivity contribution in [3.8, 4) is 0 Å². The lowest BCUT2D eigenvalue weighted by Gasteiger charge is -2.18. The Hall–Kier alpha value is -1.49. The molecule has 0 bridgehead atoms. The summed E-state index contributed by atoms with van der Waals surface area (Å²) >= 11 is 1.26.